The van der Waals surface area contributed by atoms with Crippen LogP contribution in [0.1, 0.15) is 51.7 Å². The van der Waals surface area contributed by atoms with Gasteiger partial charge in [0.25, 0.3) is 0 Å². The number of rotatable bonds is 7. The van der Waals surface area contributed by atoms with Crippen molar-refractivity contribution in [2.75, 3.05) is 0 Å². The second kappa shape index (κ2) is 7.50. The molecule has 17 heavy (non-hydrogen) atoms. The molecule has 0 aromatic heterocycles. The van der Waals surface area contributed by atoms with Crippen molar-refractivity contribution in [2.24, 2.45) is 5.92 Å². The highest BCUT2D eigenvalue weighted by Crippen LogP contribution is 2.13. The maximum Gasteiger partial charge on any atom is 0.0210 e. The molecular formula is C16H26N. The molecule has 0 fully saturated rings. The van der Waals surface area contributed by atoms with E-state index in [-0.39, 0.29) is 0 Å². The van der Waals surface area contributed by atoms with Gasteiger partial charge < -0.3 is 5.32 Å². The third kappa shape index (κ3) is 5.36. The van der Waals surface area contributed by atoms with Gasteiger partial charge in [0, 0.05) is 12.6 Å². The average molecular weight is 232 g/mol. The Hall–Kier alpha value is -0.820. The van der Waals surface area contributed by atoms with E-state index in [0.717, 1.165) is 18.9 Å². The average Bonchev–Trinajstić information content (AvgIpc) is 2.34. The molecule has 0 heterocycles. The Labute approximate surface area is 107 Å². The molecule has 0 saturated carbocycles. The van der Waals surface area contributed by atoms with Gasteiger partial charge in [-0.05, 0) is 49.3 Å². The summed E-state index contributed by atoms with van der Waals surface area (Å²) in [6.45, 7) is 9.98. The Balaban J connectivity index is 2.57. The van der Waals surface area contributed by atoms with Crippen LogP contribution >= 0.6 is 0 Å². The summed E-state index contributed by atoms with van der Waals surface area (Å²) in [7, 11) is 0. The van der Waals surface area contributed by atoms with Gasteiger partial charge in [-0.25, -0.2) is 0 Å². The van der Waals surface area contributed by atoms with Crippen LogP contribution in [-0.2, 0) is 13.0 Å². The van der Waals surface area contributed by atoms with Gasteiger partial charge in [-0.1, -0.05) is 39.0 Å². The van der Waals surface area contributed by atoms with Crippen molar-refractivity contribution in [3.8, 4) is 0 Å². The number of hydrogen-bond donors (Lipinski definition) is 1. The molecule has 95 valence electrons. The molecule has 1 heteroatoms. The first-order valence-electron chi connectivity index (χ1n) is 6.85. The predicted octanol–water partition coefficient (Wildman–Crippen LogP) is 3.96. The normalized spacial score (nSPS) is 13.0. The van der Waals surface area contributed by atoms with E-state index >= 15 is 0 Å². The molecule has 0 aliphatic carbocycles. The third-order valence-corrected chi connectivity index (χ3v) is 3.26. The van der Waals surface area contributed by atoms with Crippen molar-refractivity contribution in [1.29, 1.82) is 0 Å². The van der Waals surface area contributed by atoms with Gasteiger partial charge in [0.15, 0.2) is 0 Å². The van der Waals surface area contributed by atoms with E-state index in [4.69, 9.17) is 0 Å². The summed E-state index contributed by atoms with van der Waals surface area (Å²) in [5, 5.41) is 3.56. The lowest BCUT2D eigenvalue weighted by molar-refractivity contribution is 0.529. The lowest BCUT2D eigenvalue weighted by atomic mass is 9.98. The molecular weight excluding hydrogens is 206 g/mol. The summed E-state index contributed by atoms with van der Waals surface area (Å²) in [5.74, 6) is 0.763. The maximum atomic E-state index is 3.56. The fourth-order valence-corrected chi connectivity index (χ4v) is 1.77. The van der Waals surface area contributed by atoms with Gasteiger partial charge in [0.2, 0.25) is 0 Å². The van der Waals surface area contributed by atoms with Crippen LogP contribution in [0.25, 0.3) is 0 Å². The van der Waals surface area contributed by atoms with Crippen molar-refractivity contribution in [3.63, 3.8) is 0 Å². The molecule has 0 amide bonds. The van der Waals surface area contributed by atoms with Crippen molar-refractivity contribution >= 4 is 0 Å². The number of benzene rings is 1. The lowest BCUT2D eigenvalue weighted by Crippen LogP contribution is -2.25. The molecule has 1 radical (unpaired) electrons. The highest BCUT2D eigenvalue weighted by atomic mass is 14.9. The summed E-state index contributed by atoms with van der Waals surface area (Å²) in [6, 6.07) is 10.3. The Morgan fingerprint density at radius 3 is 2.71 bits per heavy atom. The Morgan fingerprint density at radius 2 is 2.06 bits per heavy atom. The van der Waals surface area contributed by atoms with Crippen molar-refractivity contribution in [3.05, 3.63) is 35.4 Å². The standard InChI is InChI=1S/C16H26N/c1-5-14(4)17-12-16-9-7-6-8-15(16)11-10-13(2)3/h6-7,9,13-14,17H,5,10-12H2,1-4H3. The first-order chi connectivity index (χ1) is 8.13. The van der Waals surface area contributed by atoms with Crippen LogP contribution < -0.4 is 5.32 Å². The third-order valence-electron chi connectivity index (χ3n) is 3.26. The van der Waals surface area contributed by atoms with Gasteiger partial charge in [-0.2, -0.15) is 0 Å². The molecule has 1 N–H and O–H groups in total. The van der Waals surface area contributed by atoms with Crippen LogP contribution in [0.2, 0.25) is 0 Å². The van der Waals surface area contributed by atoms with Gasteiger partial charge >= 0.3 is 0 Å². The zero-order valence-electron chi connectivity index (χ0n) is 11.7. The van der Waals surface area contributed by atoms with Gasteiger partial charge in [-0.15, -0.1) is 0 Å². The van der Waals surface area contributed by atoms with E-state index in [2.05, 4.69) is 51.2 Å². The van der Waals surface area contributed by atoms with Crippen LogP contribution in [0, 0.1) is 12.0 Å². The van der Waals surface area contributed by atoms with Gasteiger partial charge in [-0.3, -0.25) is 0 Å². The van der Waals surface area contributed by atoms with E-state index in [1.54, 1.807) is 0 Å². The minimum absolute atomic E-state index is 0.591. The van der Waals surface area contributed by atoms with Crippen LogP contribution in [-0.4, -0.2) is 6.04 Å². The first-order valence-corrected chi connectivity index (χ1v) is 6.85. The van der Waals surface area contributed by atoms with Crippen LogP contribution in [0.5, 0.6) is 0 Å². The molecule has 0 aliphatic rings. The summed E-state index contributed by atoms with van der Waals surface area (Å²) in [5.41, 5.74) is 2.80. The van der Waals surface area contributed by atoms with Gasteiger partial charge in [0.1, 0.15) is 0 Å². The SMILES string of the molecule is CCC(C)NCc1ccc[c]c1CCC(C)C. The second-order valence-corrected chi connectivity index (χ2v) is 5.30. The minimum atomic E-state index is 0.591. The predicted molar refractivity (Wildman–Crippen MR) is 75.0 cm³/mol. The molecule has 0 aliphatic heterocycles. The molecule has 0 spiro atoms. The zero-order chi connectivity index (χ0) is 12.7. The van der Waals surface area contributed by atoms with Crippen molar-refractivity contribution in [1.82, 2.24) is 5.32 Å². The molecule has 1 nitrogen and oxygen atoms in total. The molecule has 1 aromatic carbocycles. The molecule has 1 aromatic rings. The summed E-state index contributed by atoms with van der Waals surface area (Å²) < 4.78 is 0. The summed E-state index contributed by atoms with van der Waals surface area (Å²) >= 11 is 0. The highest BCUT2D eigenvalue weighted by Gasteiger charge is 2.04. The van der Waals surface area contributed by atoms with Crippen molar-refractivity contribution in [2.45, 2.75) is 59.5 Å². The van der Waals surface area contributed by atoms with Crippen LogP contribution in [0.3, 0.4) is 0 Å². The zero-order valence-corrected chi connectivity index (χ0v) is 11.7. The van der Waals surface area contributed by atoms with E-state index in [1.165, 1.54) is 24.0 Å². The van der Waals surface area contributed by atoms with Crippen LogP contribution in [0.4, 0.5) is 0 Å². The largest absolute Gasteiger partial charge is 0.310 e. The van der Waals surface area contributed by atoms with E-state index in [9.17, 15) is 0 Å². The smallest absolute Gasteiger partial charge is 0.0210 e. The molecule has 0 bridgehead atoms. The highest BCUT2D eigenvalue weighted by molar-refractivity contribution is 5.26. The first kappa shape index (κ1) is 14.2. The van der Waals surface area contributed by atoms with E-state index in [0.29, 0.717) is 6.04 Å². The summed E-state index contributed by atoms with van der Waals surface area (Å²) in [6.07, 6.45) is 3.57. The Kier molecular flexibility index (Phi) is 6.28. The van der Waals surface area contributed by atoms with Crippen molar-refractivity contribution < 1.29 is 0 Å². The number of aryl methyl sites for hydroxylation is 1. The fraction of sp³-hybridized carbons (Fsp3) is 0.625. The topological polar surface area (TPSA) is 12.0 Å². The summed E-state index contributed by atoms with van der Waals surface area (Å²) in [4.78, 5) is 0. The van der Waals surface area contributed by atoms with E-state index < -0.39 is 0 Å². The number of nitrogens with one attached hydrogen (secondary N) is 1. The number of hydrogen-bond acceptors (Lipinski definition) is 1. The monoisotopic (exact) mass is 232 g/mol. The van der Waals surface area contributed by atoms with Crippen LogP contribution in [0.15, 0.2) is 18.2 Å². The molecule has 1 atom stereocenters. The fourth-order valence-electron chi connectivity index (χ4n) is 1.77. The molecule has 1 unspecified atom stereocenters. The minimum Gasteiger partial charge on any atom is -0.310 e. The Bertz CT molecular complexity index is 317. The Morgan fingerprint density at radius 1 is 1.29 bits per heavy atom. The second-order valence-electron chi connectivity index (χ2n) is 5.30. The van der Waals surface area contributed by atoms with E-state index in [1.807, 2.05) is 6.07 Å². The van der Waals surface area contributed by atoms with Gasteiger partial charge in [0.05, 0.1) is 0 Å². The molecule has 1 rings (SSSR count). The lowest BCUT2D eigenvalue weighted by Gasteiger charge is -2.14. The quantitative estimate of drug-likeness (QED) is 0.750. The maximum absolute atomic E-state index is 3.56. The molecule has 0 saturated heterocycles.